The second-order valence-electron chi connectivity index (χ2n) is 6.91. The lowest BCUT2D eigenvalue weighted by atomic mass is 10.2. The van der Waals surface area contributed by atoms with E-state index < -0.39 is 11.7 Å². The fraction of sp³-hybridized carbons (Fsp3) is 0.136. The Balaban J connectivity index is 1.58. The van der Waals surface area contributed by atoms with Crippen LogP contribution in [-0.4, -0.2) is 27.3 Å². The van der Waals surface area contributed by atoms with Crippen molar-refractivity contribution in [3.63, 3.8) is 0 Å². The lowest BCUT2D eigenvalue weighted by Gasteiger charge is -2.10. The molecular formula is C22H17BrF2N4O2. The van der Waals surface area contributed by atoms with Crippen molar-refractivity contribution in [2.45, 2.75) is 13.8 Å². The maximum absolute atomic E-state index is 13.9. The second-order valence-corrected chi connectivity index (χ2v) is 7.83. The van der Waals surface area contributed by atoms with E-state index in [1.165, 1.54) is 28.9 Å². The molecule has 6 nitrogen and oxygen atoms in total. The van der Waals surface area contributed by atoms with Crippen molar-refractivity contribution in [1.29, 1.82) is 0 Å². The molecule has 0 spiro atoms. The number of carbonyl (C=O) groups is 1. The Bertz CT molecular complexity index is 1310. The molecule has 158 valence electrons. The van der Waals surface area contributed by atoms with E-state index in [2.05, 4.69) is 31.3 Å². The smallest absolute Gasteiger partial charge is 0.262 e. The summed E-state index contributed by atoms with van der Waals surface area (Å²) in [7, 11) is 0. The minimum absolute atomic E-state index is 0.0520. The van der Waals surface area contributed by atoms with Crippen molar-refractivity contribution in [2.75, 3.05) is 11.9 Å². The monoisotopic (exact) mass is 486 g/mol. The standard InChI is InChI=1S/C22H17BrF2N4O2/c1-12-8-20(31-11-19(30)26-18-7-6-14(23)9-17(18)25)27-22-21(12)13(2)28-29(22)16-5-3-4-15(24)10-16/h3-10H,11H2,1-2H3,(H,26,30). The fourth-order valence-electron chi connectivity index (χ4n) is 3.25. The third-order valence-electron chi connectivity index (χ3n) is 4.60. The van der Waals surface area contributed by atoms with Gasteiger partial charge in [-0.05, 0) is 55.8 Å². The average molecular weight is 487 g/mol. The number of nitrogens with zero attached hydrogens (tertiary/aromatic N) is 3. The first-order valence-electron chi connectivity index (χ1n) is 9.32. The van der Waals surface area contributed by atoms with Gasteiger partial charge in [0, 0.05) is 15.9 Å². The SMILES string of the molecule is Cc1cc(OCC(=O)Nc2ccc(Br)cc2F)nc2c1c(C)nn2-c1cccc(F)c1. The fourth-order valence-corrected chi connectivity index (χ4v) is 3.59. The van der Waals surface area contributed by atoms with E-state index in [1.807, 2.05) is 13.8 Å². The summed E-state index contributed by atoms with van der Waals surface area (Å²) < 4.78 is 35.2. The number of amides is 1. The number of hydrogen-bond acceptors (Lipinski definition) is 4. The summed E-state index contributed by atoms with van der Waals surface area (Å²) in [4.78, 5) is 16.7. The largest absolute Gasteiger partial charge is 0.467 e. The molecule has 0 atom stereocenters. The van der Waals surface area contributed by atoms with Gasteiger partial charge in [0.25, 0.3) is 5.91 Å². The van der Waals surface area contributed by atoms with Gasteiger partial charge in [0.15, 0.2) is 12.3 Å². The number of hydrogen-bond donors (Lipinski definition) is 1. The van der Waals surface area contributed by atoms with E-state index in [-0.39, 0.29) is 24.0 Å². The van der Waals surface area contributed by atoms with Gasteiger partial charge in [-0.3, -0.25) is 4.79 Å². The molecule has 0 radical (unpaired) electrons. The van der Waals surface area contributed by atoms with E-state index in [1.54, 1.807) is 24.3 Å². The average Bonchev–Trinajstić information content (AvgIpc) is 3.05. The zero-order valence-corrected chi connectivity index (χ0v) is 18.2. The highest BCUT2D eigenvalue weighted by molar-refractivity contribution is 9.10. The summed E-state index contributed by atoms with van der Waals surface area (Å²) >= 11 is 3.17. The van der Waals surface area contributed by atoms with Crippen LogP contribution in [0, 0.1) is 25.5 Å². The van der Waals surface area contributed by atoms with Crippen LogP contribution in [0.2, 0.25) is 0 Å². The number of halogens is 3. The number of benzene rings is 2. The summed E-state index contributed by atoms with van der Waals surface area (Å²) in [5, 5.41) is 7.76. The molecule has 1 N–H and O–H groups in total. The predicted molar refractivity (Wildman–Crippen MR) is 117 cm³/mol. The molecule has 4 rings (SSSR count). The molecule has 0 saturated heterocycles. The molecule has 4 aromatic rings. The highest BCUT2D eigenvalue weighted by Gasteiger charge is 2.16. The number of ether oxygens (including phenoxy) is 1. The number of rotatable bonds is 5. The number of aryl methyl sites for hydroxylation is 2. The summed E-state index contributed by atoms with van der Waals surface area (Å²) in [6.45, 7) is 3.35. The molecule has 31 heavy (non-hydrogen) atoms. The zero-order valence-electron chi connectivity index (χ0n) is 16.6. The first-order valence-corrected chi connectivity index (χ1v) is 10.1. The van der Waals surface area contributed by atoms with Crippen LogP contribution >= 0.6 is 15.9 Å². The molecule has 0 fully saturated rings. The van der Waals surface area contributed by atoms with Crippen LogP contribution in [0.1, 0.15) is 11.3 Å². The number of nitrogens with one attached hydrogen (secondary N) is 1. The van der Waals surface area contributed by atoms with E-state index in [4.69, 9.17) is 4.74 Å². The Morgan fingerprint density at radius 2 is 1.97 bits per heavy atom. The molecule has 0 aliphatic carbocycles. The molecular weight excluding hydrogens is 470 g/mol. The van der Waals surface area contributed by atoms with Crippen LogP contribution < -0.4 is 10.1 Å². The predicted octanol–water partition coefficient (Wildman–Crippen LogP) is 5.10. The first-order chi connectivity index (χ1) is 14.8. The summed E-state index contributed by atoms with van der Waals surface area (Å²) in [6.07, 6.45) is 0. The number of pyridine rings is 1. The van der Waals surface area contributed by atoms with Gasteiger partial charge in [-0.1, -0.05) is 22.0 Å². The van der Waals surface area contributed by atoms with E-state index >= 15 is 0 Å². The molecule has 0 saturated carbocycles. The molecule has 2 aromatic carbocycles. The number of fused-ring (bicyclic) bond motifs is 1. The molecule has 2 heterocycles. The van der Waals surface area contributed by atoms with E-state index in [0.717, 1.165) is 16.6 Å². The Morgan fingerprint density at radius 3 is 2.71 bits per heavy atom. The van der Waals surface area contributed by atoms with Crippen LogP contribution in [0.15, 0.2) is 53.0 Å². The van der Waals surface area contributed by atoms with Gasteiger partial charge in [-0.2, -0.15) is 10.1 Å². The summed E-state index contributed by atoms with van der Waals surface area (Å²) in [5.41, 5.74) is 2.64. The lowest BCUT2D eigenvalue weighted by molar-refractivity contribution is -0.118. The third kappa shape index (κ3) is 4.41. The van der Waals surface area contributed by atoms with Crippen LogP contribution in [0.5, 0.6) is 5.88 Å². The van der Waals surface area contributed by atoms with Crippen molar-refractivity contribution in [2.24, 2.45) is 0 Å². The molecule has 0 bridgehead atoms. The number of carbonyl (C=O) groups excluding carboxylic acids is 1. The minimum Gasteiger partial charge on any atom is -0.467 e. The Hall–Kier alpha value is -3.33. The highest BCUT2D eigenvalue weighted by Crippen LogP contribution is 2.27. The Labute approximate surface area is 185 Å². The Morgan fingerprint density at radius 1 is 1.16 bits per heavy atom. The molecule has 0 unspecified atom stereocenters. The van der Waals surface area contributed by atoms with Crippen LogP contribution in [0.25, 0.3) is 16.7 Å². The molecule has 0 aliphatic heterocycles. The maximum Gasteiger partial charge on any atom is 0.262 e. The van der Waals surface area contributed by atoms with Crippen LogP contribution in [0.4, 0.5) is 14.5 Å². The summed E-state index contributed by atoms with van der Waals surface area (Å²) in [5.74, 6) is -1.28. The quantitative estimate of drug-likeness (QED) is 0.426. The molecule has 9 heteroatoms. The Kier molecular flexibility index (Phi) is 5.69. The van der Waals surface area contributed by atoms with Crippen molar-refractivity contribution >= 4 is 38.6 Å². The van der Waals surface area contributed by atoms with Gasteiger partial charge in [-0.25, -0.2) is 13.5 Å². The van der Waals surface area contributed by atoms with Crippen molar-refractivity contribution < 1.29 is 18.3 Å². The highest BCUT2D eigenvalue weighted by atomic mass is 79.9. The van der Waals surface area contributed by atoms with Crippen molar-refractivity contribution in [3.8, 4) is 11.6 Å². The number of aromatic nitrogens is 3. The van der Waals surface area contributed by atoms with Gasteiger partial charge in [0.05, 0.1) is 17.1 Å². The zero-order chi connectivity index (χ0) is 22.1. The topological polar surface area (TPSA) is 69.0 Å². The van der Waals surface area contributed by atoms with Crippen molar-refractivity contribution in [1.82, 2.24) is 14.8 Å². The second kappa shape index (κ2) is 8.43. The van der Waals surface area contributed by atoms with E-state index in [0.29, 0.717) is 15.8 Å². The van der Waals surface area contributed by atoms with Crippen LogP contribution in [0.3, 0.4) is 0 Å². The van der Waals surface area contributed by atoms with Gasteiger partial charge in [-0.15, -0.1) is 0 Å². The molecule has 2 aromatic heterocycles. The minimum atomic E-state index is -0.562. The third-order valence-corrected chi connectivity index (χ3v) is 5.09. The van der Waals surface area contributed by atoms with E-state index in [9.17, 15) is 13.6 Å². The summed E-state index contributed by atoms with van der Waals surface area (Å²) in [6, 6.07) is 12.0. The normalized spacial score (nSPS) is 11.0. The maximum atomic E-state index is 13.9. The molecule has 0 aliphatic rings. The van der Waals surface area contributed by atoms with Gasteiger partial charge >= 0.3 is 0 Å². The van der Waals surface area contributed by atoms with Crippen molar-refractivity contribution in [3.05, 3.63) is 75.9 Å². The van der Waals surface area contributed by atoms with Gasteiger partial charge < -0.3 is 10.1 Å². The first kappa shape index (κ1) is 20.9. The lowest BCUT2D eigenvalue weighted by Crippen LogP contribution is -2.21. The van der Waals surface area contributed by atoms with Crippen LogP contribution in [-0.2, 0) is 4.79 Å². The number of anilines is 1. The van der Waals surface area contributed by atoms with Gasteiger partial charge in [0.2, 0.25) is 5.88 Å². The molecule has 1 amide bonds. The van der Waals surface area contributed by atoms with Gasteiger partial charge in [0.1, 0.15) is 11.6 Å².